The number of pyridine rings is 2. The molecule has 30 heavy (non-hydrogen) atoms. The second kappa shape index (κ2) is 9.24. The van der Waals surface area contributed by atoms with Gasteiger partial charge in [-0.25, -0.2) is 15.0 Å². The fourth-order valence-corrected chi connectivity index (χ4v) is 4.46. The number of anilines is 3. The van der Waals surface area contributed by atoms with Crippen molar-refractivity contribution in [3.05, 3.63) is 36.0 Å². The van der Waals surface area contributed by atoms with Crippen molar-refractivity contribution in [2.45, 2.75) is 64.3 Å². The van der Waals surface area contributed by atoms with Crippen LogP contribution in [0.1, 0.15) is 45.1 Å². The molecule has 4 rings (SSSR count). The zero-order valence-corrected chi connectivity index (χ0v) is 18.6. The van der Waals surface area contributed by atoms with Gasteiger partial charge in [-0.3, -0.25) is 4.90 Å². The highest BCUT2D eigenvalue weighted by Gasteiger charge is 2.20. The molecule has 160 valence electrons. The van der Waals surface area contributed by atoms with Gasteiger partial charge in [-0.15, -0.1) is 0 Å². The largest absolute Gasteiger partial charge is 0.393 e. The van der Waals surface area contributed by atoms with E-state index in [0.29, 0.717) is 12.1 Å². The first-order chi connectivity index (χ1) is 14.5. The van der Waals surface area contributed by atoms with Crippen LogP contribution in [0.3, 0.4) is 0 Å². The highest BCUT2D eigenvalue weighted by atomic mass is 32.1. The van der Waals surface area contributed by atoms with E-state index >= 15 is 0 Å². The van der Waals surface area contributed by atoms with Gasteiger partial charge in [0.25, 0.3) is 0 Å². The van der Waals surface area contributed by atoms with Crippen LogP contribution in [-0.2, 0) is 6.54 Å². The topological polar surface area (TPSA) is 86.2 Å². The number of aliphatic hydroxyl groups excluding tert-OH is 1. The van der Waals surface area contributed by atoms with Crippen molar-refractivity contribution >= 4 is 38.5 Å². The average Bonchev–Trinajstić information content (AvgIpc) is 3.11. The molecule has 1 aliphatic rings. The molecule has 0 spiro atoms. The minimum atomic E-state index is -0.160. The Morgan fingerprint density at radius 1 is 1.17 bits per heavy atom. The summed E-state index contributed by atoms with van der Waals surface area (Å²) in [6, 6.07) is 8.90. The molecule has 7 nitrogen and oxygen atoms in total. The van der Waals surface area contributed by atoms with Crippen LogP contribution in [0.5, 0.6) is 0 Å². The zero-order chi connectivity index (χ0) is 21.1. The minimum absolute atomic E-state index is 0.160. The molecular formula is C22H30N6OS. The molecule has 3 aromatic rings. The smallest absolute Gasteiger partial charge is 0.190 e. The van der Waals surface area contributed by atoms with E-state index in [1.54, 1.807) is 6.20 Å². The number of nitrogens with one attached hydrogen (secondary N) is 2. The van der Waals surface area contributed by atoms with E-state index in [0.717, 1.165) is 59.3 Å². The van der Waals surface area contributed by atoms with Gasteiger partial charge >= 0.3 is 0 Å². The van der Waals surface area contributed by atoms with E-state index in [2.05, 4.69) is 58.5 Å². The number of nitrogens with zero attached hydrogens (tertiary/aromatic N) is 4. The quantitative estimate of drug-likeness (QED) is 0.517. The maximum Gasteiger partial charge on any atom is 0.190 e. The second-order valence-electron chi connectivity index (χ2n) is 8.38. The molecule has 0 unspecified atom stereocenters. The lowest BCUT2D eigenvalue weighted by Gasteiger charge is -2.27. The highest BCUT2D eigenvalue weighted by molar-refractivity contribution is 7.21. The van der Waals surface area contributed by atoms with Crippen LogP contribution in [0.25, 0.3) is 10.3 Å². The van der Waals surface area contributed by atoms with Crippen molar-refractivity contribution in [3.63, 3.8) is 0 Å². The molecule has 0 bridgehead atoms. The van der Waals surface area contributed by atoms with Gasteiger partial charge < -0.3 is 15.7 Å². The molecule has 3 aromatic heterocycles. The Kier molecular flexibility index (Phi) is 6.46. The average molecular weight is 427 g/mol. The molecule has 0 saturated heterocycles. The van der Waals surface area contributed by atoms with Crippen LogP contribution in [0.2, 0.25) is 0 Å². The number of fused-ring (bicyclic) bond motifs is 1. The van der Waals surface area contributed by atoms with Crippen LogP contribution in [0.4, 0.5) is 16.8 Å². The van der Waals surface area contributed by atoms with Crippen molar-refractivity contribution in [2.75, 3.05) is 17.7 Å². The SMILES string of the molecule is CC(C)N(C)Cc1cc(Nc2nc3cccnc3s2)nc(N[C@H]2CC[C@H](O)CC2)c1. The summed E-state index contributed by atoms with van der Waals surface area (Å²) in [5.74, 6) is 1.65. The van der Waals surface area contributed by atoms with Crippen molar-refractivity contribution in [1.29, 1.82) is 0 Å². The van der Waals surface area contributed by atoms with Crippen LogP contribution >= 0.6 is 11.3 Å². The predicted octanol–water partition coefficient (Wildman–Crippen LogP) is 4.39. The fourth-order valence-electron chi connectivity index (χ4n) is 3.65. The van der Waals surface area contributed by atoms with E-state index in [4.69, 9.17) is 4.98 Å². The van der Waals surface area contributed by atoms with Gasteiger partial charge in [-0.05, 0) is 76.4 Å². The number of thiazole rings is 1. The summed E-state index contributed by atoms with van der Waals surface area (Å²) in [6.45, 7) is 5.23. The summed E-state index contributed by atoms with van der Waals surface area (Å²) in [7, 11) is 2.13. The van der Waals surface area contributed by atoms with Gasteiger partial charge in [0, 0.05) is 24.8 Å². The highest BCUT2D eigenvalue weighted by Crippen LogP contribution is 2.28. The normalized spacial score (nSPS) is 19.5. The number of hydrogen-bond acceptors (Lipinski definition) is 8. The maximum absolute atomic E-state index is 9.79. The Morgan fingerprint density at radius 2 is 1.93 bits per heavy atom. The second-order valence-corrected chi connectivity index (χ2v) is 9.35. The van der Waals surface area contributed by atoms with E-state index in [1.165, 1.54) is 16.9 Å². The number of aliphatic hydroxyl groups is 1. The summed E-state index contributed by atoms with van der Waals surface area (Å²) in [5.41, 5.74) is 2.08. The van der Waals surface area contributed by atoms with Crippen molar-refractivity contribution in [3.8, 4) is 0 Å². The molecule has 1 aliphatic carbocycles. The van der Waals surface area contributed by atoms with Gasteiger partial charge in [0.05, 0.1) is 6.10 Å². The number of hydrogen-bond donors (Lipinski definition) is 3. The molecule has 3 N–H and O–H groups in total. The first-order valence-corrected chi connectivity index (χ1v) is 11.4. The molecule has 0 radical (unpaired) electrons. The lowest BCUT2D eigenvalue weighted by molar-refractivity contribution is 0.126. The Bertz CT molecular complexity index is 950. The Balaban J connectivity index is 1.57. The van der Waals surface area contributed by atoms with Gasteiger partial charge in [0.1, 0.15) is 22.0 Å². The Morgan fingerprint density at radius 3 is 2.67 bits per heavy atom. The first-order valence-electron chi connectivity index (χ1n) is 10.6. The fraction of sp³-hybridized carbons (Fsp3) is 0.500. The molecule has 0 atom stereocenters. The Hall–Kier alpha value is -2.29. The Labute approximate surface area is 181 Å². The molecule has 0 amide bonds. The minimum Gasteiger partial charge on any atom is -0.393 e. The van der Waals surface area contributed by atoms with Gasteiger partial charge in [-0.1, -0.05) is 11.3 Å². The molecule has 1 saturated carbocycles. The van der Waals surface area contributed by atoms with E-state index < -0.39 is 0 Å². The van der Waals surface area contributed by atoms with E-state index in [-0.39, 0.29) is 6.10 Å². The van der Waals surface area contributed by atoms with Crippen LogP contribution < -0.4 is 10.6 Å². The van der Waals surface area contributed by atoms with Crippen LogP contribution in [0.15, 0.2) is 30.5 Å². The molecule has 3 heterocycles. The summed E-state index contributed by atoms with van der Waals surface area (Å²) in [5, 5.41) is 17.5. The van der Waals surface area contributed by atoms with Gasteiger partial charge in [0.15, 0.2) is 5.13 Å². The predicted molar refractivity (Wildman–Crippen MR) is 123 cm³/mol. The third-order valence-electron chi connectivity index (χ3n) is 5.65. The number of rotatable bonds is 7. The zero-order valence-electron chi connectivity index (χ0n) is 17.8. The van der Waals surface area contributed by atoms with E-state index in [1.807, 2.05) is 12.1 Å². The van der Waals surface area contributed by atoms with Crippen molar-refractivity contribution < 1.29 is 5.11 Å². The third-order valence-corrected chi connectivity index (χ3v) is 6.54. The summed E-state index contributed by atoms with van der Waals surface area (Å²) >= 11 is 1.53. The molecule has 1 fully saturated rings. The molecular weight excluding hydrogens is 396 g/mol. The molecule has 8 heteroatoms. The number of aromatic nitrogens is 3. The monoisotopic (exact) mass is 426 g/mol. The summed E-state index contributed by atoms with van der Waals surface area (Å²) < 4.78 is 0. The lowest BCUT2D eigenvalue weighted by atomic mass is 9.93. The lowest BCUT2D eigenvalue weighted by Crippen LogP contribution is -2.29. The van der Waals surface area contributed by atoms with Gasteiger partial charge in [0.2, 0.25) is 0 Å². The maximum atomic E-state index is 9.79. The summed E-state index contributed by atoms with van der Waals surface area (Å²) in [4.78, 5) is 17.0. The van der Waals surface area contributed by atoms with E-state index in [9.17, 15) is 5.11 Å². The van der Waals surface area contributed by atoms with Crippen LogP contribution in [0, 0.1) is 0 Å². The molecule has 0 aromatic carbocycles. The van der Waals surface area contributed by atoms with Crippen molar-refractivity contribution in [1.82, 2.24) is 19.9 Å². The standard InChI is InChI=1S/C22H30N6OS/c1-14(2)28(3)13-15-11-19(24-16-6-8-17(29)9-7-16)26-20(12-15)27-22-25-18-5-4-10-23-21(18)30-22/h4-5,10-12,14,16-17,29H,6-9,13H2,1-3H3,(H2,24,25,26,27)/t16-,17-. The van der Waals surface area contributed by atoms with Gasteiger partial charge in [-0.2, -0.15) is 0 Å². The third kappa shape index (κ3) is 5.24. The molecule has 0 aliphatic heterocycles. The summed E-state index contributed by atoms with van der Waals surface area (Å²) in [6.07, 6.45) is 5.24. The van der Waals surface area contributed by atoms with Crippen LogP contribution in [-0.4, -0.2) is 50.2 Å². The first kappa shape index (κ1) is 21.0. The van der Waals surface area contributed by atoms with Crippen molar-refractivity contribution in [2.24, 2.45) is 0 Å².